The Labute approximate surface area is 108 Å². The molecule has 0 spiro atoms. The Bertz CT molecular complexity index is 439. The summed E-state index contributed by atoms with van der Waals surface area (Å²) in [7, 11) is 2.08. The van der Waals surface area contributed by atoms with E-state index in [0.29, 0.717) is 0 Å². The molecule has 0 radical (unpaired) electrons. The summed E-state index contributed by atoms with van der Waals surface area (Å²) < 4.78 is 5.06. The summed E-state index contributed by atoms with van der Waals surface area (Å²) in [6, 6.07) is 12.5. The van der Waals surface area contributed by atoms with Crippen molar-refractivity contribution in [2.45, 2.75) is 19.0 Å². The smallest absolute Gasteiger partial charge is 0.0947 e. The molecule has 1 atom stereocenters. The summed E-state index contributed by atoms with van der Waals surface area (Å²) in [5.74, 6) is 0. The van der Waals surface area contributed by atoms with Crippen molar-refractivity contribution in [2.24, 2.45) is 5.73 Å². The second-order valence-corrected chi connectivity index (χ2v) is 4.78. The second kappa shape index (κ2) is 6.38. The molecule has 0 aliphatic rings. The van der Waals surface area contributed by atoms with Crippen molar-refractivity contribution in [2.75, 3.05) is 13.6 Å². The van der Waals surface area contributed by atoms with Gasteiger partial charge in [0, 0.05) is 24.7 Å². The molecule has 0 saturated heterocycles. The average molecular weight is 244 g/mol. The summed E-state index contributed by atoms with van der Waals surface area (Å²) in [4.78, 5) is 2.22. The average Bonchev–Trinajstić information content (AvgIpc) is 2.82. The first kappa shape index (κ1) is 12.9. The van der Waals surface area contributed by atoms with Crippen molar-refractivity contribution in [1.29, 1.82) is 0 Å². The molecule has 1 aromatic heterocycles. The van der Waals surface area contributed by atoms with Gasteiger partial charge in [0.05, 0.1) is 12.5 Å². The third kappa shape index (κ3) is 4.02. The van der Waals surface area contributed by atoms with Gasteiger partial charge in [-0.25, -0.2) is 0 Å². The summed E-state index contributed by atoms with van der Waals surface area (Å²) in [5, 5.41) is 0. The van der Waals surface area contributed by atoms with Gasteiger partial charge in [-0.1, -0.05) is 30.3 Å². The van der Waals surface area contributed by atoms with E-state index in [9.17, 15) is 0 Å². The van der Waals surface area contributed by atoms with Crippen molar-refractivity contribution < 1.29 is 4.42 Å². The summed E-state index contributed by atoms with van der Waals surface area (Å²) >= 11 is 0. The molecule has 3 heteroatoms. The van der Waals surface area contributed by atoms with Gasteiger partial charge in [0.2, 0.25) is 0 Å². The third-order valence-corrected chi connectivity index (χ3v) is 2.92. The van der Waals surface area contributed by atoms with E-state index in [0.717, 1.165) is 19.5 Å². The van der Waals surface area contributed by atoms with E-state index in [1.807, 2.05) is 12.1 Å². The maximum absolute atomic E-state index is 6.17. The van der Waals surface area contributed by atoms with Crippen molar-refractivity contribution in [1.82, 2.24) is 4.90 Å². The summed E-state index contributed by atoms with van der Waals surface area (Å²) in [6.45, 7) is 1.75. The van der Waals surface area contributed by atoms with Gasteiger partial charge < -0.3 is 15.1 Å². The van der Waals surface area contributed by atoms with Gasteiger partial charge in [-0.3, -0.25) is 0 Å². The quantitative estimate of drug-likeness (QED) is 0.847. The number of rotatable bonds is 6. The molecular formula is C15H20N2O. The van der Waals surface area contributed by atoms with Crippen LogP contribution >= 0.6 is 0 Å². The van der Waals surface area contributed by atoms with Gasteiger partial charge in [-0.15, -0.1) is 0 Å². The lowest BCUT2D eigenvalue weighted by molar-refractivity contribution is 0.301. The van der Waals surface area contributed by atoms with Crippen LogP contribution in [-0.2, 0) is 13.0 Å². The molecule has 2 N–H and O–H groups in total. The van der Waals surface area contributed by atoms with Gasteiger partial charge in [0.25, 0.3) is 0 Å². The highest BCUT2D eigenvalue weighted by molar-refractivity contribution is 5.15. The lowest BCUT2D eigenvalue weighted by atomic mass is 10.1. The highest BCUT2D eigenvalue weighted by atomic mass is 16.3. The number of likely N-dealkylation sites (N-methyl/N-ethyl adjacent to an activating group) is 1. The zero-order chi connectivity index (χ0) is 12.8. The van der Waals surface area contributed by atoms with Gasteiger partial charge >= 0.3 is 0 Å². The van der Waals surface area contributed by atoms with Crippen LogP contribution in [0.5, 0.6) is 0 Å². The zero-order valence-corrected chi connectivity index (χ0v) is 10.8. The van der Waals surface area contributed by atoms with Crippen molar-refractivity contribution in [3.63, 3.8) is 0 Å². The first-order chi connectivity index (χ1) is 8.74. The monoisotopic (exact) mass is 244 g/mol. The summed E-state index contributed by atoms with van der Waals surface area (Å²) in [5.41, 5.74) is 8.65. The number of furan rings is 1. The zero-order valence-electron chi connectivity index (χ0n) is 10.8. The van der Waals surface area contributed by atoms with E-state index in [1.54, 1.807) is 12.5 Å². The minimum atomic E-state index is 0.157. The maximum Gasteiger partial charge on any atom is 0.0947 e. The first-order valence-corrected chi connectivity index (χ1v) is 6.23. The number of hydrogen-bond donors (Lipinski definition) is 1. The Balaban J connectivity index is 1.78. The lowest BCUT2D eigenvalue weighted by Crippen LogP contribution is -2.36. The number of nitrogens with two attached hydrogens (primary N) is 1. The molecule has 0 aliphatic heterocycles. The standard InChI is InChI=1S/C15H20N2O/c1-17(10-14-7-8-18-12-14)11-15(16)9-13-5-3-2-4-6-13/h2-8,12,15H,9-11,16H2,1H3. The first-order valence-electron chi connectivity index (χ1n) is 6.23. The molecule has 2 aromatic rings. The number of hydrogen-bond acceptors (Lipinski definition) is 3. The molecule has 0 bridgehead atoms. The van der Waals surface area contributed by atoms with E-state index >= 15 is 0 Å². The molecule has 0 aliphatic carbocycles. The molecule has 0 amide bonds. The predicted octanol–water partition coefficient (Wildman–Crippen LogP) is 2.28. The Morgan fingerprint density at radius 3 is 2.61 bits per heavy atom. The Morgan fingerprint density at radius 1 is 1.17 bits per heavy atom. The molecule has 18 heavy (non-hydrogen) atoms. The molecule has 2 rings (SSSR count). The van der Waals surface area contributed by atoms with Crippen LogP contribution in [0.15, 0.2) is 53.3 Å². The third-order valence-electron chi connectivity index (χ3n) is 2.92. The highest BCUT2D eigenvalue weighted by Gasteiger charge is 2.08. The van der Waals surface area contributed by atoms with Crippen LogP contribution in [0.3, 0.4) is 0 Å². The van der Waals surface area contributed by atoms with Crippen LogP contribution in [-0.4, -0.2) is 24.5 Å². The second-order valence-electron chi connectivity index (χ2n) is 4.78. The SMILES string of the molecule is CN(Cc1ccoc1)CC(N)Cc1ccccc1. The van der Waals surface area contributed by atoms with Crippen molar-refractivity contribution in [3.8, 4) is 0 Å². The van der Waals surface area contributed by atoms with Gasteiger partial charge in [0.15, 0.2) is 0 Å². The van der Waals surface area contributed by atoms with E-state index in [1.165, 1.54) is 11.1 Å². The van der Waals surface area contributed by atoms with E-state index < -0.39 is 0 Å². The van der Waals surface area contributed by atoms with E-state index in [-0.39, 0.29) is 6.04 Å². The fourth-order valence-corrected chi connectivity index (χ4v) is 2.14. The van der Waals surface area contributed by atoms with Crippen molar-refractivity contribution in [3.05, 3.63) is 60.1 Å². The van der Waals surface area contributed by atoms with Crippen LogP contribution in [0.1, 0.15) is 11.1 Å². The molecule has 3 nitrogen and oxygen atoms in total. The van der Waals surface area contributed by atoms with Crippen LogP contribution in [0.4, 0.5) is 0 Å². The van der Waals surface area contributed by atoms with Gasteiger partial charge in [-0.05, 0) is 25.1 Å². The fraction of sp³-hybridized carbons (Fsp3) is 0.333. The Hall–Kier alpha value is -1.58. The van der Waals surface area contributed by atoms with Crippen LogP contribution in [0.25, 0.3) is 0 Å². The Morgan fingerprint density at radius 2 is 1.94 bits per heavy atom. The highest BCUT2D eigenvalue weighted by Crippen LogP contribution is 2.06. The van der Waals surface area contributed by atoms with Crippen molar-refractivity contribution >= 4 is 0 Å². The normalized spacial score (nSPS) is 12.8. The van der Waals surface area contributed by atoms with Crippen LogP contribution in [0.2, 0.25) is 0 Å². The maximum atomic E-state index is 6.17. The minimum Gasteiger partial charge on any atom is -0.472 e. The Kier molecular flexibility index (Phi) is 4.56. The van der Waals surface area contributed by atoms with E-state index in [2.05, 4.69) is 36.2 Å². The molecule has 0 saturated carbocycles. The van der Waals surface area contributed by atoms with Gasteiger partial charge in [0.1, 0.15) is 0 Å². The molecule has 0 fully saturated rings. The molecular weight excluding hydrogens is 224 g/mol. The van der Waals surface area contributed by atoms with E-state index in [4.69, 9.17) is 10.2 Å². The van der Waals surface area contributed by atoms with Gasteiger partial charge in [-0.2, -0.15) is 0 Å². The van der Waals surface area contributed by atoms with Crippen LogP contribution in [0, 0.1) is 0 Å². The molecule has 96 valence electrons. The molecule has 1 heterocycles. The molecule has 1 aromatic carbocycles. The minimum absolute atomic E-state index is 0.157. The topological polar surface area (TPSA) is 42.4 Å². The molecule has 1 unspecified atom stereocenters. The fourth-order valence-electron chi connectivity index (χ4n) is 2.14. The lowest BCUT2D eigenvalue weighted by Gasteiger charge is -2.20. The van der Waals surface area contributed by atoms with Crippen LogP contribution < -0.4 is 5.73 Å². The summed E-state index contributed by atoms with van der Waals surface area (Å²) in [6.07, 6.45) is 4.39. The largest absolute Gasteiger partial charge is 0.472 e. The number of benzene rings is 1. The number of nitrogens with zero attached hydrogens (tertiary/aromatic N) is 1. The predicted molar refractivity (Wildman–Crippen MR) is 73.2 cm³/mol.